The lowest BCUT2D eigenvalue weighted by Crippen LogP contribution is -2.60. The molecule has 8 fully saturated rings. The molecule has 22 atom stereocenters. The molecule has 0 spiro atoms. The van der Waals surface area contributed by atoms with Crippen LogP contribution in [0.1, 0.15) is 169 Å². The summed E-state index contributed by atoms with van der Waals surface area (Å²) in [7, 11) is 0. The first-order valence-corrected chi connectivity index (χ1v) is 44.5. The predicted octanol–water partition coefficient (Wildman–Crippen LogP) is 3.47. The number of alkyl halides is 2. The standard InChI is InChI=1S/C25H32N2O7.C24H31FN2O6.C22H28N2O9.C21H26F2N2O8/c1-14-19(11-17-6-4-16(5-7-17)10-15-2-3-15)24(26-27(14)18-8-9-32-13-18)34-25-23(31)22(30)21(29)20(12-28)33-25;1-12(2)27-13(3)17(10-16-7-6-15(9-18(16)25)8-14-4-5-14)23(26-27)33-24-22(31)21(30)20(29)19(11-28)32-24;1-11-14(6-12-2-3-15-16(7-12)31-10-30-15)21(23-24(11)13-4-5-29-9-13)33-22-20(28)19(27)18(26)17(8-25)32-22;1-9(2)25-10(3)12(6-11-4-5-13-14(7-11)33-21(22,23)32-13)19(24-25)31-20-18(29)17(28)16(27)15(8-26)30-20/h4-7,10,18,20-23,25,28-31H,2-3,8-9,11-13H2,1H3;6-9,12,19-22,24,28-31H,4-5,10-11H2,1-3H3;2-3,7,13,17-20,22,25-28H,4-6,8-10H2,1H3;4-5,7,9,15-18,20,26-29H,6,8H2,1-3H3/t18?,20-,21-,22+,23-,25+;19-,20-,21+,22-,24+;13?,17-,18-,19+,20-,22+;15-,16-,17+,18-,20+/m1111/s1. The number of allylic oxidation sites excluding steroid dienone is 2. The third-order valence-corrected chi connectivity index (χ3v) is 25.0. The van der Waals surface area contributed by atoms with Gasteiger partial charge in [-0.1, -0.05) is 71.8 Å². The van der Waals surface area contributed by atoms with E-state index < -0.39 is 156 Å². The average Bonchev–Trinajstić information content (AvgIpc) is 1.65. The fraction of sp³-hybridized carbons (Fsp3) is 0.565. The third kappa shape index (κ3) is 22.1. The summed E-state index contributed by atoms with van der Waals surface area (Å²) >= 11 is 0. The van der Waals surface area contributed by atoms with Gasteiger partial charge in [0.25, 0.3) is 0 Å². The summed E-state index contributed by atoms with van der Waals surface area (Å²) in [4.78, 5) is 0. The highest BCUT2D eigenvalue weighted by Gasteiger charge is 2.51. The molecule has 16 N–H and O–H groups in total. The molecule has 133 heavy (non-hydrogen) atoms. The highest BCUT2D eigenvalue weighted by Crippen LogP contribution is 2.45. The maximum atomic E-state index is 14.9. The molecule has 0 bridgehead atoms. The molecule has 41 heteroatoms. The third-order valence-electron chi connectivity index (χ3n) is 25.0. The number of aliphatic hydroxyl groups is 16. The largest absolute Gasteiger partial charge is 0.586 e. The van der Waals surface area contributed by atoms with Gasteiger partial charge in [0.05, 0.1) is 51.7 Å². The molecule has 0 amide bonds. The van der Waals surface area contributed by atoms with Crippen LogP contribution in [-0.2, 0) is 54.1 Å². The van der Waals surface area contributed by atoms with E-state index in [9.17, 15) is 94.9 Å². The topological polar surface area (TPSA) is 524 Å². The minimum Gasteiger partial charge on any atom is -0.454 e. The Kier molecular flexibility index (Phi) is 31.0. The minimum absolute atomic E-state index is 0.00621. The minimum atomic E-state index is -3.73. The van der Waals surface area contributed by atoms with E-state index in [2.05, 4.69) is 60.2 Å². The summed E-state index contributed by atoms with van der Waals surface area (Å²) in [5.74, 6) is 1.60. The molecule has 6 saturated heterocycles. The maximum Gasteiger partial charge on any atom is 0.586 e. The smallest absolute Gasteiger partial charge is 0.454 e. The Bertz CT molecular complexity index is 5350. The lowest BCUT2D eigenvalue weighted by atomic mass is 9.99. The number of hydrogen-bond acceptors (Lipinski definition) is 34. The van der Waals surface area contributed by atoms with Crippen molar-refractivity contribution < 1.29 is 161 Å². The Morgan fingerprint density at radius 1 is 0.406 bits per heavy atom. The van der Waals surface area contributed by atoms with Gasteiger partial charge >= 0.3 is 6.29 Å². The molecule has 2 aliphatic carbocycles. The number of aromatic nitrogens is 8. The Labute approximate surface area is 762 Å². The van der Waals surface area contributed by atoms with Gasteiger partial charge in [0.15, 0.2) is 23.0 Å². The van der Waals surface area contributed by atoms with Crippen molar-refractivity contribution in [3.63, 3.8) is 0 Å². The zero-order chi connectivity index (χ0) is 94.9. The van der Waals surface area contributed by atoms with Gasteiger partial charge in [-0.3, -0.25) is 18.7 Å². The van der Waals surface area contributed by atoms with Crippen molar-refractivity contribution in [2.45, 2.75) is 273 Å². The molecule has 2 saturated carbocycles. The summed E-state index contributed by atoms with van der Waals surface area (Å²) < 4.78 is 125. The van der Waals surface area contributed by atoms with Crippen LogP contribution in [0.3, 0.4) is 0 Å². The summed E-state index contributed by atoms with van der Waals surface area (Å²) in [5, 5.41) is 178. The molecule has 726 valence electrons. The highest BCUT2D eigenvalue weighted by atomic mass is 19.3. The number of halogens is 3. The Hall–Kier alpha value is -9.49. The van der Waals surface area contributed by atoms with Crippen LogP contribution in [-0.4, -0.2) is 310 Å². The first-order valence-electron chi connectivity index (χ1n) is 44.5. The number of nitrogens with zero attached hydrogens (tertiary/aromatic N) is 8. The maximum absolute atomic E-state index is 14.9. The molecule has 0 radical (unpaired) electrons. The number of ether oxygens (including phenoxy) is 14. The van der Waals surface area contributed by atoms with Gasteiger partial charge in [-0.05, 0) is 158 Å². The fourth-order valence-corrected chi connectivity index (χ4v) is 16.9. The van der Waals surface area contributed by atoms with E-state index in [0.29, 0.717) is 73.0 Å². The second-order valence-corrected chi connectivity index (χ2v) is 35.3. The Morgan fingerprint density at radius 2 is 0.759 bits per heavy atom. The van der Waals surface area contributed by atoms with Crippen molar-refractivity contribution in [1.82, 2.24) is 39.1 Å². The molecule has 12 heterocycles. The van der Waals surface area contributed by atoms with Gasteiger partial charge < -0.3 is 148 Å². The Morgan fingerprint density at radius 3 is 1.15 bits per heavy atom. The van der Waals surface area contributed by atoms with Crippen molar-refractivity contribution in [3.05, 3.63) is 174 Å². The monoisotopic (exact) mass is 1870 g/mol. The van der Waals surface area contributed by atoms with Crippen molar-refractivity contribution in [2.75, 3.05) is 59.6 Å². The van der Waals surface area contributed by atoms with Crippen LogP contribution in [0, 0.1) is 33.5 Å². The molecule has 2 unspecified atom stereocenters. The number of hydrogen-bond donors (Lipinski definition) is 16. The van der Waals surface area contributed by atoms with E-state index in [1.165, 1.54) is 47.8 Å². The van der Waals surface area contributed by atoms with Crippen LogP contribution < -0.4 is 37.9 Å². The number of benzene rings is 4. The van der Waals surface area contributed by atoms with Crippen molar-refractivity contribution >= 4 is 12.2 Å². The van der Waals surface area contributed by atoms with Crippen molar-refractivity contribution in [3.8, 4) is 46.5 Å². The first kappa shape index (κ1) is 98.0. The van der Waals surface area contributed by atoms with Crippen LogP contribution in [0.4, 0.5) is 13.2 Å². The quantitative estimate of drug-likeness (QED) is 0.0369. The van der Waals surface area contributed by atoms with E-state index in [-0.39, 0.29) is 84.6 Å². The van der Waals surface area contributed by atoms with Gasteiger partial charge in [0, 0.05) is 96.0 Å². The number of aliphatic hydroxyl groups excluding tert-OH is 16. The van der Waals surface area contributed by atoms with E-state index in [1.54, 1.807) is 21.5 Å². The van der Waals surface area contributed by atoms with E-state index in [1.807, 2.05) is 95.1 Å². The van der Waals surface area contributed by atoms with Crippen LogP contribution in [0.25, 0.3) is 12.2 Å². The van der Waals surface area contributed by atoms with E-state index in [0.717, 1.165) is 76.3 Å². The lowest BCUT2D eigenvalue weighted by Gasteiger charge is -2.39. The second kappa shape index (κ2) is 42.0. The van der Waals surface area contributed by atoms with Gasteiger partial charge in [0.1, 0.15) is 103 Å². The molecule has 18 rings (SSSR count). The molecule has 8 aromatic rings. The summed E-state index contributed by atoms with van der Waals surface area (Å²) in [6.07, 6.45) is -20.0. The molecule has 4 aromatic carbocycles. The molecule has 10 aliphatic rings. The van der Waals surface area contributed by atoms with Crippen LogP contribution in [0.2, 0.25) is 0 Å². The summed E-state index contributed by atoms with van der Waals surface area (Å²) in [5.41, 5.74) is 14.0. The van der Waals surface area contributed by atoms with Crippen LogP contribution in [0.5, 0.6) is 46.5 Å². The fourth-order valence-electron chi connectivity index (χ4n) is 16.9. The zero-order valence-electron chi connectivity index (χ0n) is 74.5. The van der Waals surface area contributed by atoms with Crippen molar-refractivity contribution in [2.24, 2.45) is 0 Å². The molecular formula is C92H117F3N8O30. The molecule has 8 aliphatic heterocycles. The van der Waals surface area contributed by atoms with Crippen LogP contribution >= 0.6 is 0 Å². The molecule has 38 nitrogen and oxygen atoms in total. The predicted molar refractivity (Wildman–Crippen MR) is 459 cm³/mol. The van der Waals surface area contributed by atoms with Crippen LogP contribution in [0.15, 0.2) is 90.0 Å². The van der Waals surface area contributed by atoms with Gasteiger partial charge in [-0.25, -0.2) is 4.39 Å². The molecule has 4 aromatic heterocycles. The molecular weight excluding hydrogens is 1750 g/mol. The van der Waals surface area contributed by atoms with Gasteiger partial charge in [0.2, 0.25) is 55.5 Å². The van der Waals surface area contributed by atoms with Gasteiger partial charge in [-0.2, -0.15) is 0 Å². The zero-order valence-corrected chi connectivity index (χ0v) is 74.5. The number of fused-ring (bicyclic) bond motifs is 2. The summed E-state index contributed by atoms with van der Waals surface area (Å²) in [6, 6.07) is 23.7. The lowest BCUT2D eigenvalue weighted by molar-refractivity contribution is -0.286. The Balaban J connectivity index is 0.000000135. The SMILES string of the molecule is Cc1c(Cc2ccc(C=C3CC3)cc2)c(O[C@@H]2O[C@H](CO)[C@@H](O)[C@H](O)[C@H]2O)nn1C1CCOC1.Cc1c(Cc2ccc(C=C3CC3)cc2F)c(O[C@@H]2O[C@H](CO)[C@@H](O)[C@H](O)[C@H]2O)nn1C(C)C.Cc1c(Cc2ccc3c(c2)OC(F)(F)O3)c(O[C@@H]2O[C@H](CO)[C@@H](O)[C@H](O)[C@H]2O)nn1C(C)C.Cc1c(Cc2ccc3c(c2)OCO3)c(O[C@@H]2O[C@H](CO)[C@@H](O)[C@H](O)[C@H]2O)nn1C1CCOC1. The summed E-state index contributed by atoms with van der Waals surface area (Å²) in [6.45, 7) is 15.6. The number of rotatable bonds is 26. The second-order valence-electron chi connectivity index (χ2n) is 35.3. The van der Waals surface area contributed by atoms with Crippen molar-refractivity contribution in [1.29, 1.82) is 0 Å². The first-order chi connectivity index (χ1) is 63.6. The van der Waals surface area contributed by atoms with E-state index >= 15 is 0 Å². The average molecular weight is 1870 g/mol. The van der Waals surface area contributed by atoms with E-state index in [4.69, 9.17) is 56.8 Å². The van der Waals surface area contributed by atoms with Gasteiger partial charge in [-0.15, -0.1) is 29.2 Å². The highest BCUT2D eigenvalue weighted by molar-refractivity contribution is 5.58. The normalized spacial score (nSPS) is 29.5.